The Bertz CT molecular complexity index is 1210. The molecular formula is C26H23Cl2N3O3. The Morgan fingerprint density at radius 2 is 1.82 bits per heavy atom. The minimum absolute atomic E-state index is 0.0727. The van der Waals surface area contributed by atoms with Gasteiger partial charge in [-0.1, -0.05) is 59.1 Å². The highest BCUT2D eigenvalue weighted by Crippen LogP contribution is 2.27. The van der Waals surface area contributed by atoms with Crippen LogP contribution in [0.5, 0.6) is 5.75 Å². The van der Waals surface area contributed by atoms with Gasteiger partial charge in [-0.05, 0) is 48.9 Å². The van der Waals surface area contributed by atoms with Crippen LogP contribution in [0.3, 0.4) is 0 Å². The molecule has 1 saturated heterocycles. The lowest BCUT2D eigenvalue weighted by atomic mass is 10.1. The summed E-state index contributed by atoms with van der Waals surface area (Å²) in [5, 5.41) is 5.14. The summed E-state index contributed by atoms with van der Waals surface area (Å²) in [6, 6.07) is 20.2. The Hall–Kier alpha value is -3.35. The SMILES string of the molecule is Cc1ccc(N2C[C@H](C(=O)N/N=C/c3cccc(OCc4c(Cl)cccc4Cl)c3)CC2=O)cc1. The van der Waals surface area contributed by atoms with Gasteiger partial charge in [-0.25, -0.2) is 5.43 Å². The lowest BCUT2D eigenvalue weighted by Crippen LogP contribution is -2.30. The zero-order valence-corrected chi connectivity index (χ0v) is 20.0. The van der Waals surface area contributed by atoms with E-state index in [9.17, 15) is 9.59 Å². The highest BCUT2D eigenvalue weighted by atomic mass is 35.5. The third-order valence-electron chi connectivity index (χ3n) is 5.53. The molecular weight excluding hydrogens is 473 g/mol. The van der Waals surface area contributed by atoms with Gasteiger partial charge < -0.3 is 9.64 Å². The predicted molar refractivity (Wildman–Crippen MR) is 135 cm³/mol. The van der Waals surface area contributed by atoms with Crippen LogP contribution >= 0.6 is 23.2 Å². The molecule has 2 amide bonds. The lowest BCUT2D eigenvalue weighted by Gasteiger charge is -2.16. The topological polar surface area (TPSA) is 71.0 Å². The van der Waals surface area contributed by atoms with E-state index in [1.807, 2.05) is 49.4 Å². The van der Waals surface area contributed by atoms with E-state index in [-0.39, 0.29) is 24.8 Å². The van der Waals surface area contributed by atoms with E-state index in [0.29, 0.717) is 27.9 Å². The van der Waals surface area contributed by atoms with Gasteiger partial charge in [-0.2, -0.15) is 5.10 Å². The fraction of sp³-hybridized carbons (Fsp3) is 0.192. The number of nitrogens with zero attached hydrogens (tertiary/aromatic N) is 2. The fourth-order valence-corrected chi connectivity index (χ4v) is 4.14. The minimum atomic E-state index is -0.457. The second kappa shape index (κ2) is 10.7. The van der Waals surface area contributed by atoms with Crippen LogP contribution in [0.15, 0.2) is 71.8 Å². The summed E-state index contributed by atoms with van der Waals surface area (Å²) in [4.78, 5) is 26.6. The first kappa shape index (κ1) is 23.8. The van der Waals surface area contributed by atoms with Gasteiger partial charge in [-0.3, -0.25) is 9.59 Å². The summed E-state index contributed by atoms with van der Waals surface area (Å²) in [7, 11) is 0. The molecule has 1 N–H and O–H groups in total. The average molecular weight is 496 g/mol. The van der Waals surface area contributed by atoms with Crippen molar-refractivity contribution in [3.8, 4) is 5.75 Å². The highest BCUT2D eigenvalue weighted by molar-refractivity contribution is 6.35. The number of aryl methyl sites for hydroxylation is 1. The molecule has 0 unspecified atom stereocenters. The van der Waals surface area contributed by atoms with Crippen molar-refractivity contribution in [2.75, 3.05) is 11.4 Å². The molecule has 0 saturated carbocycles. The predicted octanol–water partition coefficient (Wildman–Crippen LogP) is 5.38. The lowest BCUT2D eigenvalue weighted by molar-refractivity contribution is -0.126. The molecule has 1 aliphatic heterocycles. The van der Waals surface area contributed by atoms with E-state index < -0.39 is 5.92 Å². The van der Waals surface area contributed by atoms with Crippen molar-refractivity contribution >= 4 is 46.9 Å². The van der Waals surface area contributed by atoms with Gasteiger partial charge >= 0.3 is 0 Å². The second-order valence-corrected chi connectivity index (χ2v) is 8.85. The third kappa shape index (κ3) is 5.76. The molecule has 6 nitrogen and oxygen atoms in total. The van der Waals surface area contributed by atoms with E-state index >= 15 is 0 Å². The number of amides is 2. The Morgan fingerprint density at radius 3 is 2.56 bits per heavy atom. The fourth-order valence-electron chi connectivity index (χ4n) is 3.63. The van der Waals surface area contributed by atoms with Crippen LogP contribution in [0, 0.1) is 12.8 Å². The standard InChI is InChI=1S/C26H23Cl2N3O3/c1-17-8-10-20(11-9-17)31-15-19(13-25(31)32)26(33)30-29-14-18-4-2-5-21(12-18)34-16-22-23(27)6-3-7-24(22)28/h2-12,14,19H,13,15-16H2,1H3,(H,30,33)/b29-14+/t19-/m1/s1. The van der Waals surface area contributed by atoms with Crippen LogP contribution in [-0.4, -0.2) is 24.6 Å². The van der Waals surface area contributed by atoms with Gasteiger partial charge in [0, 0.05) is 34.3 Å². The number of anilines is 1. The summed E-state index contributed by atoms with van der Waals surface area (Å²) in [6.45, 7) is 2.54. The van der Waals surface area contributed by atoms with Crippen LogP contribution in [-0.2, 0) is 16.2 Å². The molecule has 34 heavy (non-hydrogen) atoms. The van der Waals surface area contributed by atoms with E-state index in [0.717, 1.165) is 16.8 Å². The van der Waals surface area contributed by atoms with Crippen molar-refractivity contribution in [3.05, 3.63) is 93.5 Å². The molecule has 1 fully saturated rings. The first-order chi connectivity index (χ1) is 16.4. The van der Waals surface area contributed by atoms with Gasteiger partial charge in [0.05, 0.1) is 12.1 Å². The summed E-state index contributed by atoms with van der Waals surface area (Å²) in [6.07, 6.45) is 1.69. The van der Waals surface area contributed by atoms with Crippen molar-refractivity contribution < 1.29 is 14.3 Å². The quantitative estimate of drug-likeness (QED) is 0.353. The van der Waals surface area contributed by atoms with E-state index in [1.165, 1.54) is 6.21 Å². The van der Waals surface area contributed by atoms with Crippen molar-refractivity contribution in [2.24, 2.45) is 11.0 Å². The number of hydrogen-bond donors (Lipinski definition) is 1. The Balaban J connectivity index is 1.32. The molecule has 0 bridgehead atoms. The Labute approximate surface area is 208 Å². The molecule has 0 aromatic heterocycles. The molecule has 1 heterocycles. The Morgan fingerprint density at radius 1 is 1.12 bits per heavy atom. The highest BCUT2D eigenvalue weighted by Gasteiger charge is 2.35. The summed E-state index contributed by atoms with van der Waals surface area (Å²) < 4.78 is 5.82. The first-order valence-corrected chi connectivity index (χ1v) is 11.5. The minimum Gasteiger partial charge on any atom is -0.489 e. The van der Waals surface area contributed by atoms with Crippen LogP contribution < -0.4 is 15.1 Å². The van der Waals surface area contributed by atoms with E-state index in [4.69, 9.17) is 27.9 Å². The number of benzene rings is 3. The monoisotopic (exact) mass is 495 g/mol. The summed E-state index contributed by atoms with van der Waals surface area (Å²) in [5.74, 6) is -0.209. The smallest absolute Gasteiger partial charge is 0.245 e. The number of hydrazone groups is 1. The maximum absolute atomic E-state index is 12.5. The van der Waals surface area contributed by atoms with Crippen molar-refractivity contribution in [1.82, 2.24) is 5.43 Å². The molecule has 3 aromatic carbocycles. The number of rotatable bonds is 7. The molecule has 0 spiro atoms. The van der Waals surface area contributed by atoms with Crippen LogP contribution in [0.4, 0.5) is 5.69 Å². The zero-order chi connectivity index (χ0) is 24.1. The van der Waals surface area contributed by atoms with E-state index in [1.54, 1.807) is 29.2 Å². The average Bonchev–Trinajstić information content (AvgIpc) is 3.21. The molecule has 174 valence electrons. The molecule has 4 rings (SSSR count). The van der Waals surface area contributed by atoms with Gasteiger partial charge in [0.1, 0.15) is 12.4 Å². The molecule has 8 heteroatoms. The third-order valence-corrected chi connectivity index (χ3v) is 6.24. The number of halogens is 2. The number of carbonyl (C=O) groups is 2. The van der Waals surface area contributed by atoms with Crippen LogP contribution in [0.25, 0.3) is 0 Å². The first-order valence-electron chi connectivity index (χ1n) is 10.8. The van der Waals surface area contributed by atoms with E-state index in [2.05, 4.69) is 10.5 Å². The van der Waals surface area contributed by atoms with Crippen molar-refractivity contribution in [3.63, 3.8) is 0 Å². The van der Waals surface area contributed by atoms with Crippen LogP contribution in [0.1, 0.15) is 23.1 Å². The maximum atomic E-state index is 12.5. The number of carbonyl (C=O) groups excluding carboxylic acids is 2. The normalized spacial score (nSPS) is 15.7. The number of nitrogens with one attached hydrogen (secondary N) is 1. The molecule has 1 atom stereocenters. The zero-order valence-electron chi connectivity index (χ0n) is 18.5. The van der Waals surface area contributed by atoms with Gasteiger partial charge in [0.15, 0.2) is 0 Å². The maximum Gasteiger partial charge on any atom is 0.245 e. The van der Waals surface area contributed by atoms with Crippen LogP contribution in [0.2, 0.25) is 10.0 Å². The van der Waals surface area contributed by atoms with Gasteiger partial charge in [0.25, 0.3) is 0 Å². The second-order valence-electron chi connectivity index (χ2n) is 8.04. The Kier molecular flexibility index (Phi) is 7.50. The molecule has 0 radical (unpaired) electrons. The molecule has 3 aromatic rings. The summed E-state index contributed by atoms with van der Waals surface area (Å²) >= 11 is 12.4. The van der Waals surface area contributed by atoms with Gasteiger partial charge in [0.2, 0.25) is 11.8 Å². The largest absolute Gasteiger partial charge is 0.489 e. The molecule has 0 aliphatic carbocycles. The molecule has 1 aliphatic rings. The van der Waals surface area contributed by atoms with Crippen molar-refractivity contribution in [2.45, 2.75) is 20.0 Å². The van der Waals surface area contributed by atoms with Crippen molar-refractivity contribution in [1.29, 1.82) is 0 Å². The number of hydrogen-bond acceptors (Lipinski definition) is 4. The number of ether oxygens (including phenoxy) is 1. The summed E-state index contributed by atoms with van der Waals surface area (Å²) in [5.41, 5.74) is 5.90. The van der Waals surface area contributed by atoms with Gasteiger partial charge in [-0.15, -0.1) is 0 Å².